The first-order valence-electron chi connectivity index (χ1n) is 9.35. The van der Waals surface area contributed by atoms with E-state index in [0.717, 1.165) is 5.56 Å². The molecule has 1 unspecified atom stereocenters. The van der Waals surface area contributed by atoms with Crippen LogP contribution in [0, 0.1) is 0 Å². The van der Waals surface area contributed by atoms with Crippen molar-refractivity contribution in [3.05, 3.63) is 54.1 Å². The molecule has 1 N–H and O–H groups in total. The van der Waals surface area contributed by atoms with E-state index in [1.54, 1.807) is 13.0 Å². The molecular weight excluding hydrogens is 408 g/mol. The van der Waals surface area contributed by atoms with E-state index in [0.29, 0.717) is 18.7 Å². The molecule has 0 saturated carbocycles. The van der Waals surface area contributed by atoms with E-state index in [9.17, 15) is 18.0 Å². The number of rotatable bonds is 7. The molecular formula is C21H24N2O6S. The van der Waals surface area contributed by atoms with Gasteiger partial charge in [0.1, 0.15) is 21.9 Å². The summed E-state index contributed by atoms with van der Waals surface area (Å²) in [6, 6.07) is 13.4. The van der Waals surface area contributed by atoms with Crippen molar-refractivity contribution in [3.8, 4) is 11.5 Å². The number of sulfonamides is 1. The van der Waals surface area contributed by atoms with Crippen LogP contribution in [0.5, 0.6) is 11.5 Å². The number of methoxy groups -OCH3 is 2. The summed E-state index contributed by atoms with van der Waals surface area (Å²) in [6.45, 7) is 1.95. The van der Waals surface area contributed by atoms with E-state index in [1.165, 1.54) is 31.3 Å². The number of nitrogens with zero attached hydrogens (tertiary/aromatic N) is 1. The third-order valence-corrected chi connectivity index (χ3v) is 6.65. The lowest BCUT2D eigenvalue weighted by atomic mass is 9.85. The molecule has 30 heavy (non-hydrogen) atoms. The molecule has 2 aromatic rings. The van der Waals surface area contributed by atoms with Crippen LogP contribution in [0.15, 0.2) is 53.4 Å². The topological polar surface area (TPSA) is 102 Å². The van der Waals surface area contributed by atoms with Gasteiger partial charge in [-0.05, 0) is 31.0 Å². The Bertz CT molecular complexity index is 1050. The fraction of sp³-hybridized carbons (Fsp3) is 0.333. The Balaban J connectivity index is 1.78. The largest absolute Gasteiger partial charge is 0.497 e. The van der Waals surface area contributed by atoms with Gasteiger partial charge in [0.2, 0.25) is 5.91 Å². The van der Waals surface area contributed by atoms with Gasteiger partial charge in [0.25, 0.3) is 15.9 Å². The highest BCUT2D eigenvalue weighted by Gasteiger charge is 2.50. The minimum atomic E-state index is -4.24. The lowest BCUT2D eigenvalue weighted by Crippen LogP contribution is -2.68. The molecule has 0 aliphatic carbocycles. The Hall–Kier alpha value is -3.07. The van der Waals surface area contributed by atoms with Crippen LogP contribution in [-0.2, 0) is 26.0 Å². The molecule has 160 valence electrons. The van der Waals surface area contributed by atoms with Crippen molar-refractivity contribution in [1.29, 1.82) is 0 Å². The molecule has 1 aliphatic heterocycles. The van der Waals surface area contributed by atoms with Crippen LogP contribution in [0.4, 0.5) is 0 Å². The fourth-order valence-corrected chi connectivity index (χ4v) is 4.60. The molecule has 2 aromatic carbocycles. The zero-order chi connectivity index (χ0) is 21.9. The van der Waals surface area contributed by atoms with E-state index < -0.39 is 21.5 Å². The smallest absolute Gasteiger partial charge is 0.267 e. The number of amides is 2. The van der Waals surface area contributed by atoms with Crippen LogP contribution in [0.3, 0.4) is 0 Å². The van der Waals surface area contributed by atoms with Crippen molar-refractivity contribution in [2.75, 3.05) is 20.8 Å². The first-order chi connectivity index (χ1) is 14.2. The molecule has 0 aromatic heterocycles. The van der Waals surface area contributed by atoms with E-state index in [4.69, 9.17) is 9.47 Å². The molecule has 1 atom stereocenters. The number of hydrogen-bond donors (Lipinski definition) is 1. The minimum absolute atomic E-state index is 0.0758. The molecule has 1 heterocycles. The highest BCUT2D eigenvalue weighted by molar-refractivity contribution is 7.90. The minimum Gasteiger partial charge on any atom is -0.497 e. The van der Waals surface area contributed by atoms with E-state index in [-0.39, 0.29) is 23.0 Å². The molecule has 3 rings (SSSR count). The average molecular weight is 432 g/mol. The second kappa shape index (κ2) is 8.35. The van der Waals surface area contributed by atoms with Crippen LogP contribution in [0.2, 0.25) is 0 Å². The lowest BCUT2D eigenvalue weighted by molar-refractivity contribution is -0.156. The van der Waals surface area contributed by atoms with Gasteiger partial charge in [-0.25, -0.2) is 13.1 Å². The van der Waals surface area contributed by atoms with Crippen molar-refractivity contribution in [2.45, 2.75) is 30.2 Å². The fourth-order valence-electron chi connectivity index (χ4n) is 3.34. The Morgan fingerprint density at radius 1 is 1.10 bits per heavy atom. The predicted octanol–water partition coefficient (Wildman–Crippen LogP) is 1.74. The van der Waals surface area contributed by atoms with Crippen molar-refractivity contribution in [1.82, 2.24) is 9.62 Å². The van der Waals surface area contributed by atoms with Gasteiger partial charge in [0, 0.05) is 12.6 Å². The first-order valence-corrected chi connectivity index (χ1v) is 10.8. The van der Waals surface area contributed by atoms with Gasteiger partial charge in [0.15, 0.2) is 0 Å². The molecule has 9 heteroatoms. The normalized spacial score (nSPS) is 18.3. The number of hydrogen-bond acceptors (Lipinski definition) is 6. The van der Waals surface area contributed by atoms with Crippen LogP contribution in [0.1, 0.15) is 18.9 Å². The molecule has 1 saturated heterocycles. The van der Waals surface area contributed by atoms with Gasteiger partial charge in [-0.2, -0.15) is 0 Å². The summed E-state index contributed by atoms with van der Waals surface area (Å²) < 4.78 is 38.0. The van der Waals surface area contributed by atoms with E-state index in [2.05, 4.69) is 4.72 Å². The number of benzene rings is 2. The summed E-state index contributed by atoms with van der Waals surface area (Å²) in [7, 11) is -1.51. The molecule has 0 radical (unpaired) electrons. The van der Waals surface area contributed by atoms with Gasteiger partial charge in [-0.15, -0.1) is 0 Å². The van der Waals surface area contributed by atoms with Gasteiger partial charge >= 0.3 is 0 Å². The Morgan fingerprint density at radius 2 is 1.80 bits per heavy atom. The summed E-state index contributed by atoms with van der Waals surface area (Å²) in [5.41, 5.74) is -0.420. The predicted molar refractivity (Wildman–Crippen MR) is 110 cm³/mol. The maximum Gasteiger partial charge on any atom is 0.267 e. The molecule has 8 nitrogen and oxygen atoms in total. The SMILES string of the molecule is COc1ccc(OC)c(S(=O)(=O)NC(=O)C2(C)CCN2C(=O)Cc2ccccc2)c1. The van der Waals surface area contributed by atoms with Gasteiger partial charge < -0.3 is 14.4 Å². The first kappa shape index (κ1) is 21.6. The Labute approximate surface area is 175 Å². The van der Waals surface area contributed by atoms with E-state index >= 15 is 0 Å². The third kappa shape index (κ3) is 4.11. The number of carbonyl (C=O) groups is 2. The molecule has 1 fully saturated rings. The average Bonchev–Trinajstić information content (AvgIpc) is 2.72. The summed E-state index contributed by atoms with van der Waals surface area (Å²) in [5.74, 6) is -0.619. The standard InChI is InChI=1S/C21H24N2O6S/c1-21(11-12-23(21)19(24)13-15-7-5-4-6-8-15)20(25)22-30(26,27)18-14-16(28-2)9-10-17(18)29-3/h4-10,14H,11-13H2,1-3H3,(H,22,25). The highest BCUT2D eigenvalue weighted by Crippen LogP contribution is 2.33. The van der Waals surface area contributed by atoms with Crippen LogP contribution >= 0.6 is 0 Å². The monoisotopic (exact) mass is 432 g/mol. The second-order valence-corrected chi connectivity index (χ2v) is 8.83. The van der Waals surface area contributed by atoms with Crippen LogP contribution in [0.25, 0.3) is 0 Å². The molecule has 0 bridgehead atoms. The number of nitrogens with one attached hydrogen (secondary N) is 1. The molecule has 0 spiro atoms. The van der Waals surface area contributed by atoms with Gasteiger partial charge in [-0.1, -0.05) is 30.3 Å². The summed E-state index contributed by atoms with van der Waals surface area (Å²) in [6.07, 6.45) is 0.504. The van der Waals surface area contributed by atoms with Crippen LogP contribution < -0.4 is 14.2 Å². The molecule has 1 aliphatic rings. The third-order valence-electron chi connectivity index (χ3n) is 5.29. The Morgan fingerprint density at radius 3 is 2.37 bits per heavy atom. The van der Waals surface area contributed by atoms with Crippen LogP contribution in [-0.4, -0.2) is 51.4 Å². The van der Waals surface area contributed by atoms with Gasteiger partial charge in [0.05, 0.1) is 20.6 Å². The summed E-state index contributed by atoms with van der Waals surface area (Å²) in [5, 5.41) is 0. The maximum absolute atomic E-state index is 12.9. The number of carbonyl (C=O) groups excluding carboxylic acids is 2. The molecule has 2 amide bonds. The lowest BCUT2D eigenvalue weighted by Gasteiger charge is -2.49. The van der Waals surface area contributed by atoms with Crippen molar-refractivity contribution >= 4 is 21.8 Å². The van der Waals surface area contributed by atoms with Crippen molar-refractivity contribution in [3.63, 3.8) is 0 Å². The maximum atomic E-state index is 12.9. The number of likely N-dealkylation sites (tertiary alicyclic amines) is 1. The number of ether oxygens (including phenoxy) is 2. The van der Waals surface area contributed by atoms with E-state index in [1.807, 2.05) is 30.3 Å². The van der Waals surface area contributed by atoms with Crippen molar-refractivity contribution in [2.24, 2.45) is 0 Å². The Kier molecular flexibility index (Phi) is 6.02. The van der Waals surface area contributed by atoms with Gasteiger partial charge in [-0.3, -0.25) is 9.59 Å². The zero-order valence-electron chi connectivity index (χ0n) is 17.0. The second-order valence-electron chi connectivity index (χ2n) is 7.18. The highest BCUT2D eigenvalue weighted by atomic mass is 32.2. The zero-order valence-corrected chi connectivity index (χ0v) is 17.9. The quantitative estimate of drug-likeness (QED) is 0.715. The summed E-state index contributed by atoms with van der Waals surface area (Å²) >= 11 is 0. The summed E-state index contributed by atoms with van der Waals surface area (Å²) in [4.78, 5) is 26.8. The van der Waals surface area contributed by atoms with Crippen molar-refractivity contribution < 1.29 is 27.5 Å².